The predicted molar refractivity (Wildman–Crippen MR) is 88.4 cm³/mol. The van der Waals surface area contributed by atoms with Gasteiger partial charge < -0.3 is 9.30 Å². The summed E-state index contributed by atoms with van der Waals surface area (Å²) >= 11 is 0. The van der Waals surface area contributed by atoms with Gasteiger partial charge in [-0.2, -0.15) is 8.42 Å². The van der Waals surface area contributed by atoms with Crippen molar-refractivity contribution in [3.05, 3.63) is 35.8 Å². The average molecular weight is 335 g/mol. The van der Waals surface area contributed by atoms with E-state index in [9.17, 15) is 8.42 Å². The number of nitrogens with zero attached hydrogens (tertiary/aromatic N) is 3. The van der Waals surface area contributed by atoms with Gasteiger partial charge in [0.25, 0.3) is 10.0 Å². The highest BCUT2D eigenvalue weighted by Crippen LogP contribution is 2.33. The van der Waals surface area contributed by atoms with Gasteiger partial charge in [-0.3, -0.25) is 4.31 Å². The van der Waals surface area contributed by atoms with Crippen molar-refractivity contribution in [1.82, 2.24) is 9.55 Å². The smallest absolute Gasteiger partial charge is 0.283 e. The zero-order valence-corrected chi connectivity index (χ0v) is 14.4. The van der Waals surface area contributed by atoms with Crippen LogP contribution in [0.5, 0.6) is 5.75 Å². The number of ether oxygens (including phenoxy) is 1. The van der Waals surface area contributed by atoms with Gasteiger partial charge in [0.15, 0.2) is 5.03 Å². The lowest BCUT2D eigenvalue weighted by molar-refractivity contribution is 0.415. The van der Waals surface area contributed by atoms with E-state index in [4.69, 9.17) is 4.74 Å². The van der Waals surface area contributed by atoms with Gasteiger partial charge in [0.1, 0.15) is 11.6 Å². The molecule has 2 heterocycles. The molecule has 0 saturated carbocycles. The number of rotatable bonds is 3. The minimum Gasteiger partial charge on any atom is -0.497 e. The van der Waals surface area contributed by atoms with Crippen LogP contribution in [-0.2, 0) is 23.5 Å². The maximum absolute atomic E-state index is 13.1. The second kappa shape index (κ2) is 5.88. The molecule has 1 aromatic carbocycles. The van der Waals surface area contributed by atoms with Crippen LogP contribution in [0.3, 0.4) is 0 Å². The van der Waals surface area contributed by atoms with Crippen LogP contribution in [0, 0.1) is 6.92 Å². The molecule has 0 spiro atoms. The molecule has 1 aromatic heterocycles. The molecular weight excluding hydrogens is 314 g/mol. The lowest BCUT2D eigenvalue weighted by Gasteiger charge is -2.23. The Labute approximate surface area is 136 Å². The molecule has 0 atom stereocenters. The van der Waals surface area contributed by atoms with Crippen LogP contribution in [0.4, 0.5) is 5.69 Å². The first-order valence-electron chi connectivity index (χ1n) is 7.63. The molecule has 6 nitrogen and oxygen atoms in total. The number of aryl methyl sites for hydroxylation is 3. The zero-order chi connectivity index (χ0) is 16.6. The highest BCUT2D eigenvalue weighted by molar-refractivity contribution is 7.92. The van der Waals surface area contributed by atoms with Gasteiger partial charge in [0.05, 0.1) is 12.8 Å². The van der Waals surface area contributed by atoms with Crippen molar-refractivity contribution in [3.63, 3.8) is 0 Å². The number of aromatic nitrogens is 2. The first kappa shape index (κ1) is 15.9. The highest BCUT2D eigenvalue weighted by atomic mass is 32.2. The first-order chi connectivity index (χ1) is 10.9. The van der Waals surface area contributed by atoms with Crippen LogP contribution in [0.15, 0.2) is 29.4 Å². The Morgan fingerprint density at radius 1 is 1.26 bits per heavy atom. The third-order valence-electron chi connectivity index (χ3n) is 4.26. The summed E-state index contributed by atoms with van der Waals surface area (Å²) < 4.78 is 34.6. The van der Waals surface area contributed by atoms with Crippen molar-refractivity contribution in [3.8, 4) is 5.75 Å². The number of fused-ring (bicyclic) bond motifs is 1. The molecule has 1 aliphatic rings. The summed E-state index contributed by atoms with van der Waals surface area (Å²) in [6.45, 7) is 2.25. The van der Waals surface area contributed by atoms with Crippen molar-refractivity contribution in [2.24, 2.45) is 7.05 Å². The molecule has 23 heavy (non-hydrogen) atoms. The summed E-state index contributed by atoms with van der Waals surface area (Å²) in [7, 11) is -0.304. The van der Waals surface area contributed by atoms with E-state index in [1.165, 1.54) is 4.31 Å². The zero-order valence-electron chi connectivity index (χ0n) is 13.6. The van der Waals surface area contributed by atoms with E-state index in [2.05, 4.69) is 4.98 Å². The van der Waals surface area contributed by atoms with Crippen molar-refractivity contribution in [2.45, 2.75) is 31.2 Å². The Hall–Kier alpha value is -2.02. The second-order valence-corrected chi connectivity index (χ2v) is 7.58. The lowest BCUT2D eigenvalue weighted by atomic mass is 10.1. The molecule has 0 unspecified atom stereocenters. The molecule has 0 N–H and O–H groups in total. The first-order valence-corrected chi connectivity index (χ1v) is 9.07. The average Bonchev–Trinajstić information content (AvgIpc) is 2.75. The minimum absolute atomic E-state index is 0.0909. The summed E-state index contributed by atoms with van der Waals surface area (Å²) in [6.07, 6.45) is 4.22. The molecule has 0 saturated heterocycles. The number of benzene rings is 1. The van der Waals surface area contributed by atoms with Crippen LogP contribution in [0.2, 0.25) is 0 Å². The summed E-state index contributed by atoms with van der Waals surface area (Å²) in [6, 6.07) is 5.62. The van der Waals surface area contributed by atoms with Crippen LogP contribution in [-0.4, -0.2) is 31.6 Å². The molecule has 1 aliphatic heterocycles. The van der Waals surface area contributed by atoms with E-state index in [0.29, 0.717) is 23.8 Å². The van der Waals surface area contributed by atoms with Gasteiger partial charge in [0.2, 0.25) is 0 Å². The number of hydrogen-bond acceptors (Lipinski definition) is 4. The minimum atomic E-state index is -3.68. The van der Waals surface area contributed by atoms with Gasteiger partial charge in [0, 0.05) is 25.9 Å². The number of hydrogen-bond donors (Lipinski definition) is 0. The molecule has 7 heteroatoms. The molecule has 2 aromatic rings. The number of methoxy groups -OCH3 is 1. The van der Waals surface area contributed by atoms with E-state index in [-0.39, 0.29) is 5.03 Å². The fourth-order valence-corrected chi connectivity index (χ4v) is 4.38. The van der Waals surface area contributed by atoms with E-state index in [1.54, 1.807) is 37.9 Å². The normalized spacial score (nSPS) is 15.2. The third-order valence-corrected chi connectivity index (χ3v) is 5.94. The molecule has 0 aliphatic carbocycles. The number of imidazole rings is 1. The van der Waals surface area contributed by atoms with Gasteiger partial charge in [-0.1, -0.05) is 6.07 Å². The Morgan fingerprint density at radius 2 is 2.04 bits per heavy atom. The van der Waals surface area contributed by atoms with E-state index in [0.717, 1.165) is 24.8 Å². The molecule has 0 bridgehead atoms. The van der Waals surface area contributed by atoms with Crippen molar-refractivity contribution < 1.29 is 13.2 Å². The second-order valence-electron chi connectivity index (χ2n) is 5.77. The fourth-order valence-electron chi connectivity index (χ4n) is 2.82. The van der Waals surface area contributed by atoms with Crippen LogP contribution in [0.1, 0.15) is 24.2 Å². The van der Waals surface area contributed by atoms with E-state index < -0.39 is 10.0 Å². The van der Waals surface area contributed by atoms with E-state index in [1.807, 2.05) is 12.1 Å². The van der Waals surface area contributed by atoms with Crippen molar-refractivity contribution in [1.29, 1.82) is 0 Å². The predicted octanol–water partition coefficient (Wildman–Crippen LogP) is 2.27. The Balaban J connectivity index is 2.12. The summed E-state index contributed by atoms with van der Waals surface area (Å²) in [5.41, 5.74) is 1.73. The van der Waals surface area contributed by atoms with Gasteiger partial charge in [-0.15, -0.1) is 0 Å². The van der Waals surface area contributed by atoms with Gasteiger partial charge in [-0.05, 0) is 37.8 Å². The van der Waals surface area contributed by atoms with Crippen molar-refractivity contribution >= 4 is 15.7 Å². The molecule has 0 fully saturated rings. The Kier molecular flexibility index (Phi) is 4.06. The van der Waals surface area contributed by atoms with Crippen molar-refractivity contribution in [2.75, 3.05) is 18.0 Å². The maximum atomic E-state index is 13.1. The quantitative estimate of drug-likeness (QED) is 0.863. The number of sulfonamides is 1. The standard InChI is InChI=1S/C16H21N3O3S/c1-12-17-16(11-18(12)2)23(20,21)19-9-5-4-6-13-7-8-14(22-3)10-15(13)19/h7-8,10-11H,4-6,9H2,1-3H3. The summed E-state index contributed by atoms with van der Waals surface area (Å²) in [4.78, 5) is 4.21. The van der Waals surface area contributed by atoms with Crippen LogP contribution < -0.4 is 9.04 Å². The van der Waals surface area contributed by atoms with E-state index >= 15 is 0 Å². The summed E-state index contributed by atoms with van der Waals surface area (Å²) in [5.74, 6) is 1.33. The Morgan fingerprint density at radius 3 is 2.70 bits per heavy atom. The third kappa shape index (κ3) is 2.81. The fraction of sp³-hybridized carbons (Fsp3) is 0.438. The topological polar surface area (TPSA) is 64.4 Å². The largest absolute Gasteiger partial charge is 0.497 e. The highest BCUT2D eigenvalue weighted by Gasteiger charge is 2.30. The monoisotopic (exact) mass is 335 g/mol. The molecule has 0 radical (unpaired) electrons. The molecule has 3 rings (SSSR count). The maximum Gasteiger partial charge on any atom is 0.283 e. The molecule has 124 valence electrons. The Bertz CT molecular complexity index is 808. The van der Waals surface area contributed by atoms with Gasteiger partial charge >= 0.3 is 0 Å². The number of anilines is 1. The molecule has 0 amide bonds. The van der Waals surface area contributed by atoms with Gasteiger partial charge in [-0.25, -0.2) is 4.98 Å². The summed E-state index contributed by atoms with van der Waals surface area (Å²) in [5, 5.41) is 0.0909. The van der Waals surface area contributed by atoms with Crippen LogP contribution >= 0.6 is 0 Å². The lowest BCUT2D eigenvalue weighted by Crippen LogP contribution is -2.32. The molecular formula is C16H21N3O3S. The SMILES string of the molecule is COc1ccc2c(c1)N(S(=O)(=O)c1cn(C)c(C)n1)CCCC2. The van der Waals surface area contributed by atoms with Crippen LogP contribution in [0.25, 0.3) is 0 Å².